The molecule has 0 spiro atoms. The number of nitrogens with two attached hydrogens (primary N) is 1. The molecule has 0 saturated carbocycles. The van der Waals surface area contributed by atoms with Gasteiger partial charge in [0.2, 0.25) is 0 Å². The van der Waals surface area contributed by atoms with Crippen LogP contribution in [-0.4, -0.2) is 18.2 Å². The smallest absolute Gasteiger partial charge is 0.345 e. The molecule has 0 aliphatic heterocycles. The maximum absolute atomic E-state index is 12.7. The summed E-state index contributed by atoms with van der Waals surface area (Å²) in [6.07, 6.45) is 3.41. The molecule has 2 N–H and O–H groups in total. The fraction of sp³-hybridized carbons (Fsp3) is 0.231. The molecule has 2 rings (SSSR count). The van der Waals surface area contributed by atoms with E-state index in [0.717, 1.165) is 6.08 Å². The Morgan fingerprint density at radius 2 is 2.00 bits per heavy atom. The maximum Gasteiger partial charge on any atom is 0.345 e. The van der Waals surface area contributed by atoms with E-state index in [1.165, 1.54) is 18.2 Å². The first-order valence-electron chi connectivity index (χ1n) is 5.91. The van der Waals surface area contributed by atoms with E-state index in [4.69, 9.17) is 5.73 Å². The summed E-state index contributed by atoms with van der Waals surface area (Å²) < 4.78 is 25.4. The second-order valence-corrected chi connectivity index (χ2v) is 6.77. The normalized spacial score (nSPS) is 22.4. The molecule has 1 aliphatic rings. The van der Waals surface area contributed by atoms with Crippen molar-refractivity contribution in [1.82, 2.24) is 0 Å². The van der Waals surface area contributed by atoms with Crippen LogP contribution < -0.4 is 5.73 Å². The lowest BCUT2D eigenvalue weighted by atomic mass is 10.1. The summed E-state index contributed by atoms with van der Waals surface area (Å²) >= 11 is 0. The zero-order valence-electron chi connectivity index (χ0n) is 10.8. The van der Waals surface area contributed by atoms with Gasteiger partial charge in [0, 0.05) is 16.7 Å². The van der Waals surface area contributed by atoms with Gasteiger partial charge >= 0.3 is 4.87 Å². The summed E-state index contributed by atoms with van der Waals surface area (Å²) in [6.45, 7) is 1.61. The summed E-state index contributed by atoms with van der Waals surface area (Å²) in [7, 11) is -4.16. The molecule has 1 aromatic rings. The van der Waals surface area contributed by atoms with Crippen LogP contribution in [0.3, 0.4) is 0 Å². The highest BCUT2D eigenvalue weighted by atomic mass is 32.2. The van der Waals surface area contributed by atoms with E-state index in [1.54, 1.807) is 25.1 Å². The van der Waals surface area contributed by atoms with E-state index in [9.17, 15) is 18.5 Å². The molecule has 6 nitrogen and oxygen atoms in total. The number of rotatable bonds is 3. The summed E-state index contributed by atoms with van der Waals surface area (Å²) in [5.74, 6) is 0. The van der Waals surface area contributed by atoms with E-state index in [-0.39, 0.29) is 11.3 Å². The molecule has 0 heterocycles. The summed E-state index contributed by atoms with van der Waals surface area (Å²) in [5, 5.41) is 11.4. The largest absolute Gasteiger partial charge is 0.399 e. The SMILES string of the molecule is Cc1ccccc1S(=O)(=O)C1([N+](=O)[O-])C=CC(N)=CC1. The van der Waals surface area contributed by atoms with Crippen LogP contribution in [0.15, 0.2) is 53.1 Å². The van der Waals surface area contributed by atoms with Crippen molar-refractivity contribution >= 4 is 9.84 Å². The quantitative estimate of drug-likeness (QED) is 0.672. The van der Waals surface area contributed by atoms with Crippen LogP contribution in [0.1, 0.15) is 12.0 Å². The van der Waals surface area contributed by atoms with E-state index in [0.29, 0.717) is 11.3 Å². The molecule has 106 valence electrons. The average Bonchev–Trinajstić information content (AvgIpc) is 2.39. The molecule has 1 aromatic carbocycles. The third-order valence-electron chi connectivity index (χ3n) is 3.32. The molecule has 0 amide bonds. The fourth-order valence-electron chi connectivity index (χ4n) is 2.11. The van der Waals surface area contributed by atoms with E-state index >= 15 is 0 Å². The minimum Gasteiger partial charge on any atom is -0.399 e. The lowest BCUT2D eigenvalue weighted by Gasteiger charge is -2.24. The Labute approximate surface area is 116 Å². The second-order valence-electron chi connectivity index (χ2n) is 4.61. The van der Waals surface area contributed by atoms with Gasteiger partial charge < -0.3 is 5.73 Å². The van der Waals surface area contributed by atoms with Crippen LogP contribution in [0.25, 0.3) is 0 Å². The van der Waals surface area contributed by atoms with Gasteiger partial charge in [-0.1, -0.05) is 24.3 Å². The molecule has 20 heavy (non-hydrogen) atoms. The molecule has 1 unspecified atom stereocenters. The summed E-state index contributed by atoms with van der Waals surface area (Å²) in [6, 6.07) is 6.22. The van der Waals surface area contributed by atoms with E-state index in [1.807, 2.05) is 0 Å². The van der Waals surface area contributed by atoms with Crippen molar-refractivity contribution in [3.63, 3.8) is 0 Å². The Bertz CT molecular complexity index is 722. The van der Waals surface area contributed by atoms with Crippen molar-refractivity contribution in [3.8, 4) is 0 Å². The number of benzene rings is 1. The third kappa shape index (κ3) is 2.00. The van der Waals surface area contributed by atoms with Gasteiger partial charge in [-0.15, -0.1) is 0 Å². The van der Waals surface area contributed by atoms with Crippen LogP contribution in [0.4, 0.5) is 0 Å². The van der Waals surface area contributed by atoms with Gasteiger partial charge in [-0.3, -0.25) is 10.1 Å². The number of nitrogens with zero attached hydrogens (tertiary/aromatic N) is 1. The molecular formula is C13H14N2O4S. The van der Waals surface area contributed by atoms with Crippen LogP contribution in [0.2, 0.25) is 0 Å². The number of hydrogen-bond donors (Lipinski definition) is 1. The van der Waals surface area contributed by atoms with Crippen molar-refractivity contribution in [1.29, 1.82) is 0 Å². The number of hydrogen-bond acceptors (Lipinski definition) is 5. The highest BCUT2D eigenvalue weighted by Gasteiger charge is 2.54. The first-order valence-corrected chi connectivity index (χ1v) is 7.39. The Kier molecular flexibility index (Phi) is 3.39. The molecule has 7 heteroatoms. The number of nitro groups is 1. The maximum atomic E-state index is 12.7. The van der Waals surface area contributed by atoms with E-state index < -0.39 is 19.6 Å². The fourth-order valence-corrected chi connectivity index (χ4v) is 3.98. The minimum atomic E-state index is -4.16. The van der Waals surface area contributed by atoms with Gasteiger partial charge in [-0.05, 0) is 24.6 Å². The first-order chi connectivity index (χ1) is 9.31. The second kappa shape index (κ2) is 4.75. The van der Waals surface area contributed by atoms with Gasteiger partial charge in [-0.2, -0.15) is 0 Å². The van der Waals surface area contributed by atoms with Gasteiger partial charge in [-0.25, -0.2) is 8.42 Å². The monoisotopic (exact) mass is 294 g/mol. The Balaban J connectivity index is 2.65. The van der Waals surface area contributed by atoms with Crippen LogP contribution in [0.5, 0.6) is 0 Å². The Morgan fingerprint density at radius 1 is 1.35 bits per heavy atom. The van der Waals surface area contributed by atoms with Crippen molar-refractivity contribution in [3.05, 3.63) is 63.9 Å². The highest BCUT2D eigenvalue weighted by molar-refractivity contribution is 7.92. The van der Waals surface area contributed by atoms with Crippen LogP contribution in [0, 0.1) is 17.0 Å². The molecular weight excluding hydrogens is 280 g/mol. The van der Waals surface area contributed by atoms with Crippen molar-refractivity contribution in [2.45, 2.75) is 23.1 Å². The Hall–Kier alpha value is -2.15. The zero-order valence-corrected chi connectivity index (χ0v) is 11.6. The molecule has 0 fully saturated rings. The lowest BCUT2D eigenvalue weighted by Crippen LogP contribution is -2.45. The molecule has 0 aromatic heterocycles. The van der Waals surface area contributed by atoms with Gasteiger partial charge in [0.25, 0.3) is 9.84 Å². The van der Waals surface area contributed by atoms with Crippen molar-refractivity contribution < 1.29 is 13.3 Å². The van der Waals surface area contributed by atoms with Crippen LogP contribution in [-0.2, 0) is 9.84 Å². The Morgan fingerprint density at radius 3 is 2.50 bits per heavy atom. The average molecular weight is 294 g/mol. The standard InChI is InChI=1S/C13H14N2O4S/c1-10-4-2-3-5-12(10)20(18,19)13(15(16)17)8-6-11(14)7-9-13/h2-8H,9,14H2,1H3. The number of aryl methyl sites for hydroxylation is 1. The lowest BCUT2D eigenvalue weighted by molar-refractivity contribution is -0.526. The third-order valence-corrected chi connectivity index (χ3v) is 5.74. The molecule has 1 atom stereocenters. The molecule has 0 bridgehead atoms. The van der Waals surface area contributed by atoms with Gasteiger partial charge in [0.15, 0.2) is 0 Å². The number of allylic oxidation sites excluding steroid dienone is 1. The zero-order chi connectivity index (χ0) is 15.0. The molecule has 1 aliphatic carbocycles. The number of sulfone groups is 1. The highest BCUT2D eigenvalue weighted by Crippen LogP contribution is 2.35. The van der Waals surface area contributed by atoms with Gasteiger partial charge in [0.05, 0.1) is 11.3 Å². The summed E-state index contributed by atoms with van der Waals surface area (Å²) in [4.78, 5) is 8.43. The molecule has 0 radical (unpaired) electrons. The predicted molar refractivity (Wildman–Crippen MR) is 74.1 cm³/mol. The minimum absolute atomic E-state index is 0.0322. The predicted octanol–water partition coefficient (Wildman–Crippen LogP) is 1.54. The van der Waals surface area contributed by atoms with E-state index in [2.05, 4.69) is 0 Å². The van der Waals surface area contributed by atoms with Crippen LogP contribution >= 0.6 is 0 Å². The first kappa shape index (κ1) is 14.3. The van der Waals surface area contributed by atoms with Gasteiger partial charge in [0.1, 0.15) is 0 Å². The van der Waals surface area contributed by atoms with Crippen molar-refractivity contribution in [2.75, 3.05) is 0 Å². The summed E-state index contributed by atoms with van der Waals surface area (Å²) in [5.41, 5.74) is 6.32. The topological polar surface area (TPSA) is 103 Å². The van der Waals surface area contributed by atoms with Crippen molar-refractivity contribution in [2.24, 2.45) is 5.73 Å². The molecule has 0 saturated heterocycles.